The van der Waals surface area contributed by atoms with E-state index in [0.29, 0.717) is 18.1 Å². The summed E-state index contributed by atoms with van der Waals surface area (Å²) < 4.78 is 11.1. The van der Waals surface area contributed by atoms with Gasteiger partial charge in [-0.3, -0.25) is 4.79 Å². The van der Waals surface area contributed by atoms with Gasteiger partial charge in [-0.1, -0.05) is 48.5 Å². The van der Waals surface area contributed by atoms with E-state index in [1.165, 1.54) is 12.8 Å². The zero-order chi connectivity index (χ0) is 20.9. The Morgan fingerprint density at radius 1 is 1.00 bits per heavy atom. The van der Waals surface area contributed by atoms with Crippen LogP contribution < -0.4 is 0 Å². The molecule has 0 bridgehead atoms. The lowest BCUT2D eigenvalue weighted by Gasteiger charge is -2.58. The number of ether oxygens (including phenoxy) is 2. The van der Waals surface area contributed by atoms with Crippen molar-refractivity contribution in [2.24, 2.45) is 11.3 Å². The molecule has 0 N–H and O–H groups in total. The van der Waals surface area contributed by atoms with Gasteiger partial charge in [0.15, 0.2) is 0 Å². The molecule has 1 spiro atoms. The Labute approximate surface area is 168 Å². The van der Waals surface area contributed by atoms with E-state index in [1.54, 1.807) is 0 Å². The Morgan fingerprint density at radius 2 is 1.56 bits per heavy atom. The third-order valence-corrected chi connectivity index (χ3v) is 5.01. The maximum absolute atomic E-state index is 11.9. The zero-order valence-electron chi connectivity index (χ0n) is 19.3. The minimum atomic E-state index is 0.154. The molecule has 0 aromatic heterocycles. The summed E-state index contributed by atoms with van der Waals surface area (Å²) in [4.78, 5) is 16.1. The van der Waals surface area contributed by atoms with Gasteiger partial charge in [-0.2, -0.15) is 0 Å². The Kier molecular flexibility index (Phi) is 14.0. The van der Waals surface area contributed by atoms with E-state index < -0.39 is 0 Å². The SMILES string of the molecule is CC.CC.CC.CC1CC2(C1)CN(C(=O)COCCCOC1CN(C)C1)C2. The van der Waals surface area contributed by atoms with Crippen LogP contribution in [0.2, 0.25) is 0 Å². The first kappa shape index (κ1) is 26.4. The maximum atomic E-state index is 11.9. The molecule has 5 heteroatoms. The lowest BCUT2D eigenvalue weighted by molar-refractivity contribution is -0.159. The number of hydrogen-bond acceptors (Lipinski definition) is 4. The fraction of sp³-hybridized carbons (Fsp3) is 0.955. The molecule has 3 aliphatic rings. The van der Waals surface area contributed by atoms with Gasteiger partial charge in [-0.05, 0) is 32.2 Å². The van der Waals surface area contributed by atoms with E-state index in [1.807, 2.05) is 46.4 Å². The summed E-state index contributed by atoms with van der Waals surface area (Å²) in [6, 6.07) is 0. The highest BCUT2D eigenvalue weighted by Crippen LogP contribution is 2.51. The molecular formula is C22H46N2O3. The van der Waals surface area contributed by atoms with E-state index in [-0.39, 0.29) is 12.5 Å². The lowest BCUT2D eigenvalue weighted by atomic mass is 9.58. The smallest absolute Gasteiger partial charge is 0.248 e. The van der Waals surface area contributed by atoms with Crippen LogP contribution in [0.3, 0.4) is 0 Å². The Hall–Kier alpha value is -0.650. The fourth-order valence-corrected chi connectivity index (χ4v) is 4.03. The third-order valence-electron chi connectivity index (χ3n) is 5.01. The second kappa shape index (κ2) is 14.4. The minimum absolute atomic E-state index is 0.154. The van der Waals surface area contributed by atoms with E-state index in [9.17, 15) is 4.79 Å². The molecule has 2 saturated heterocycles. The molecule has 5 nitrogen and oxygen atoms in total. The monoisotopic (exact) mass is 386 g/mol. The van der Waals surface area contributed by atoms with Crippen LogP contribution in [0.25, 0.3) is 0 Å². The quantitative estimate of drug-likeness (QED) is 0.619. The molecule has 0 aromatic carbocycles. The van der Waals surface area contributed by atoms with Crippen molar-refractivity contribution in [3.05, 3.63) is 0 Å². The molecule has 0 radical (unpaired) electrons. The Balaban J connectivity index is 0.00000103. The summed E-state index contributed by atoms with van der Waals surface area (Å²) in [6.07, 6.45) is 3.87. The Morgan fingerprint density at radius 3 is 2.04 bits per heavy atom. The Bertz CT molecular complexity index is 370. The van der Waals surface area contributed by atoms with Crippen molar-refractivity contribution < 1.29 is 14.3 Å². The molecule has 0 atom stereocenters. The van der Waals surface area contributed by atoms with Gasteiger partial charge in [0.1, 0.15) is 6.61 Å². The minimum Gasteiger partial charge on any atom is -0.375 e. The fourth-order valence-electron chi connectivity index (χ4n) is 4.03. The van der Waals surface area contributed by atoms with Gasteiger partial charge in [-0.25, -0.2) is 0 Å². The molecule has 27 heavy (non-hydrogen) atoms. The first-order valence-electron chi connectivity index (χ1n) is 11.2. The summed E-state index contributed by atoms with van der Waals surface area (Å²) in [7, 11) is 2.10. The number of likely N-dealkylation sites (N-methyl/N-ethyl adjacent to an activating group) is 1. The van der Waals surface area contributed by atoms with Gasteiger partial charge in [0.05, 0.1) is 6.10 Å². The average Bonchev–Trinajstić information content (AvgIpc) is 2.63. The molecule has 1 aliphatic carbocycles. The van der Waals surface area contributed by atoms with Crippen LogP contribution in [0.15, 0.2) is 0 Å². The number of amides is 1. The van der Waals surface area contributed by atoms with Crippen LogP contribution in [-0.2, 0) is 14.3 Å². The molecule has 2 aliphatic heterocycles. The molecular weight excluding hydrogens is 340 g/mol. The van der Waals surface area contributed by atoms with E-state index >= 15 is 0 Å². The highest BCUT2D eigenvalue weighted by Gasteiger charge is 2.51. The van der Waals surface area contributed by atoms with Crippen molar-refractivity contribution in [2.75, 3.05) is 53.0 Å². The predicted molar refractivity (Wildman–Crippen MR) is 114 cm³/mol. The van der Waals surface area contributed by atoms with Crippen LogP contribution in [0.4, 0.5) is 0 Å². The summed E-state index contributed by atoms with van der Waals surface area (Å²) in [6.45, 7) is 19.9. The molecule has 1 saturated carbocycles. The van der Waals surface area contributed by atoms with Crippen LogP contribution in [0.1, 0.15) is 67.7 Å². The standard InChI is InChI=1S/C16H28N2O3.3C2H6/c1-13-6-16(7-13)11-18(12-16)15(19)10-20-4-3-5-21-14-8-17(2)9-14;3*1-2/h13-14H,3-12H2,1-2H3;3*1-2H3. The number of carbonyl (C=O) groups excluding carboxylic acids is 1. The predicted octanol–water partition coefficient (Wildman–Crippen LogP) is 4.06. The van der Waals surface area contributed by atoms with Crippen molar-refractivity contribution in [2.45, 2.75) is 73.8 Å². The first-order valence-corrected chi connectivity index (χ1v) is 11.2. The van der Waals surface area contributed by atoms with Gasteiger partial charge in [-0.15, -0.1) is 0 Å². The zero-order valence-corrected chi connectivity index (χ0v) is 19.3. The van der Waals surface area contributed by atoms with E-state index in [0.717, 1.165) is 45.1 Å². The van der Waals surface area contributed by atoms with Gasteiger partial charge < -0.3 is 19.3 Å². The molecule has 0 aromatic rings. The highest BCUT2D eigenvalue weighted by atomic mass is 16.5. The molecule has 3 fully saturated rings. The van der Waals surface area contributed by atoms with Gasteiger partial charge in [0.25, 0.3) is 0 Å². The summed E-state index contributed by atoms with van der Waals surface area (Å²) in [5.74, 6) is 1.01. The van der Waals surface area contributed by atoms with E-state index in [4.69, 9.17) is 9.47 Å². The number of nitrogens with zero attached hydrogens (tertiary/aromatic N) is 2. The summed E-state index contributed by atoms with van der Waals surface area (Å²) in [5, 5.41) is 0. The molecule has 3 rings (SSSR count). The molecule has 0 unspecified atom stereocenters. The topological polar surface area (TPSA) is 42.0 Å². The maximum Gasteiger partial charge on any atom is 0.248 e. The third kappa shape index (κ3) is 8.49. The van der Waals surface area contributed by atoms with Crippen LogP contribution in [0, 0.1) is 11.3 Å². The molecule has 162 valence electrons. The van der Waals surface area contributed by atoms with Gasteiger partial charge in [0.2, 0.25) is 5.91 Å². The lowest BCUT2D eigenvalue weighted by Crippen LogP contribution is -2.63. The number of hydrogen-bond donors (Lipinski definition) is 0. The summed E-state index contributed by atoms with van der Waals surface area (Å²) in [5.41, 5.74) is 0.485. The molecule has 2 heterocycles. The normalized spacial score (nSPS) is 20.5. The van der Waals surface area contributed by atoms with Crippen LogP contribution in [0.5, 0.6) is 0 Å². The van der Waals surface area contributed by atoms with E-state index in [2.05, 4.69) is 18.9 Å². The first-order chi connectivity index (χ1) is 13.1. The second-order valence-electron chi connectivity index (χ2n) is 7.38. The largest absolute Gasteiger partial charge is 0.375 e. The number of rotatable bonds is 7. The van der Waals surface area contributed by atoms with Gasteiger partial charge >= 0.3 is 0 Å². The second-order valence-corrected chi connectivity index (χ2v) is 7.38. The van der Waals surface area contributed by atoms with Crippen molar-refractivity contribution in [1.29, 1.82) is 0 Å². The number of carbonyl (C=O) groups is 1. The van der Waals surface area contributed by atoms with Crippen molar-refractivity contribution in [3.8, 4) is 0 Å². The van der Waals surface area contributed by atoms with Crippen molar-refractivity contribution in [3.63, 3.8) is 0 Å². The van der Waals surface area contributed by atoms with Crippen molar-refractivity contribution in [1.82, 2.24) is 9.80 Å². The van der Waals surface area contributed by atoms with Gasteiger partial charge in [0, 0.05) is 44.8 Å². The average molecular weight is 387 g/mol. The molecule has 1 amide bonds. The van der Waals surface area contributed by atoms with Crippen LogP contribution in [-0.4, -0.2) is 74.9 Å². The summed E-state index contributed by atoms with van der Waals surface area (Å²) >= 11 is 0. The van der Waals surface area contributed by atoms with Crippen LogP contribution >= 0.6 is 0 Å². The number of likely N-dealkylation sites (tertiary alicyclic amines) is 2. The highest BCUT2D eigenvalue weighted by molar-refractivity contribution is 5.78. The van der Waals surface area contributed by atoms with Crippen molar-refractivity contribution >= 4 is 5.91 Å².